The Morgan fingerprint density at radius 1 is 0.445 bits per heavy atom. The first-order valence-electron chi connectivity index (χ1n) is 42.1. The van der Waals surface area contributed by atoms with Crippen LogP contribution in [0.25, 0.3) is 6.08 Å². The van der Waals surface area contributed by atoms with Crippen molar-refractivity contribution < 1.29 is 90.4 Å². The largest absolute Gasteiger partial charge is 0.498 e. The number of pyridine rings is 4. The summed E-state index contributed by atoms with van der Waals surface area (Å²) in [7, 11) is 0. The van der Waals surface area contributed by atoms with Crippen molar-refractivity contribution in [3.63, 3.8) is 0 Å². The van der Waals surface area contributed by atoms with Gasteiger partial charge in [0.1, 0.15) is 88.7 Å². The molecule has 7 amide bonds. The molecule has 5 unspecified atom stereocenters. The van der Waals surface area contributed by atoms with Crippen molar-refractivity contribution in [2.75, 3.05) is 59.4 Å². The van der Waals surface area contributed by atoms with Crippen molar-refractivity contribution in [2.24, 2.45) is 0 Å². The standard InChI is InChI=1S/C28H35N3O6.C26H31N3O6.C24H29N3O4.C19H19N3O3/c1-9-34-18-23(35-10-2)19-13-14-21-22(16-19)30(25(32)36-27(3,4)5)17-20-12-11-15-29-24(20)31(21)26(33)37-28(6,7)8;1-25(2,3)34-23(30)28-15-18-8-7-11-27-22(18)29(24(31)35-26(4,5)6)19-10-9-17(14-20(19)28)21-16-32-12-13-33-21;1-8-16-11-12-18-19(14-16)26(21(28)30-23(2,3)4)15-17-10-9-13-25-20(17)27(18)22(29)31-24(5,6)7;1-11(23)22-9-13-3-2-6-20-19(13)21-14-5-4-12(7-15(14)22)18-10-24-16-8-17(16)25-18/h9-16,23H,1-2,17-18H2,3-8H3;7-14,21H,15-16H2,1-6H3;8-14H,1,15H2,2-7H3;2-7,16-18H,8-10H2,1H3,(H,20,21). The highest BCUT2D eigenvalue weighted by molar-refractivity contribution is 6.08. The Kier molecular flexibility index (Phi) is 28.0. The highest BCUT2D eigenvalue weighted by atomic mass is 16.6. The topological polar surface area (TPSA) is 317 Å². The first-order valence-corrected chi connectivity index (χ1v) is 42.1. The second kappa shape index (κ2) is 38.3. The Hall–Kier alpha value is -13.6. The maximum absolute atomic E-state index is 13.5. The highest BCUT2D eigenvalue weighted by Crippen LogP contribution is 2.49. The van der Waals surface area contributed by atoms with Crippen molar-refractivity contribution in [3.8, 4) is 0 Å². The van der Waals surface area contributed by atoms with Gasteiger partial charge in [0.05, 0.1) is 103 Å². The number of aromatic nitrogens is 4. The third-order valence-electron chi connectivity index (χ3n) is 19.6. The van der Waals surface area contributed by atoms with Crippen LogP contribution >= 0.6 is 0 Å². The van der Waals surface area contributed by atoms with E-state index in [9.17, 15) is 33.6 Å². The molecule has 31 heteroatoms. The lowest BCUT2D eigenvalue weighted by Crippen LogP contribution is -2.37. The van der Waals surface area contributed by atoms with Crippen molar-refractivity contribution in [1.82, 2.24) is 19.9 Å². The monoisotopic (exact) mass is 1750 g/mol. The zero-order valence-electron chi connectivity index (χ0n) is 76.1. The lowest BCUT2D eigenvalue weighted by Gasteiger charge is -2.30. The van der Waals surface area contributed by atoms with Crippen LogP contribution in [0.5, 0.6) is 0 Å². The van der Waals surface area contributed by atoms with Crippen LogP contribution in [0, 0.1) is 0 Å². The Bertz CT molecular complexity index is 5520. The molecule has 1 saturated heterocycles. The third kappa shape index (κ3) is 23.4. The molecular formula is C97H114N12O19. The second-order valence-electron chi connectivity index (χ2n) is 36.9. The summed E-state index contributed by atoms with van der Waals surface area (Å²) < 4.78 is 68.3. The quantitative estimate of drug-likeness (QED) is 0.104. The van der Waals surface area contributed by atoms with Gasteiger partial charge >= 0.3 is 36.6 Å². The molecule has 676 valence electrons. The molecule has 0 spiro atoms. The van der Waals surface area contributed by atoms with Crippen LogP contribution in [0.15, 0.2) is 191 Å². The number of fused-ring (bicyclic) bond motifs is 9. The molecule has 7 aliphatic rings. The van der Waals surface area contributed by atoms with Gasteiger partial charge in [0.25, 0.3) is 0 Å². The van der Waals surface area contributed by atoms with E-state index in [-0.39, 0.29) is 56.6 Å². The van der Waals surface area contributed by atoms with Crippen molar-refractivity contribution in [2.45, 2.75) is 228 Å². The normalized spacial score (nSPS) is 17.3. The predicted molar refractivity (Wildman–Crippen MR) is 486 cm³/mol. The molecule has 6 aliphatic heterocycles. The predicted octanol–water partition coefficient (Wildman–Crippen LogP) is 21.7. The van der Waals surface area contributed by atoms with Gasteiger partial charge in [-0.15, -0.1) is 0 Å². The summed E-state index contributed by atoms with van der Waals surface area (Å²) in [6, 6.07) is 36.8. The van der Waals surface area contributed by atoms with Crippen molar-refractivity contribution in [3.05, 3.63) is 235 Å². The first kappa shape index (κ1) is 93.6. The summed E-state index contributed by atoms with van der Waals surface area (Å²) in [5, 5.41) is 3.36. The molecule has 1 N–H and O–H groups in total. The lowest BCUT2D eigenvalue weighted by molar-refractivity contribution is -0.116. The van der Waals surface area contributed by atoms with Crippen LogP contribution in [0.4, 0.5) is 97.5 Å². The Labute approximate surface area is 747 Å². The summed E-state index contributed by atoms with van der Waals surface area (Å²) >= 11 is 0. The average molecular weight is 1750 g/mol. The summed E-state index contributed by atoms with van der Waals surface area (Å²) in [6.07, 6.45) is 10.9. The minimum absolute atomic E-state index is 0.0000254. The van der Waals surface area contributed by atoms with Gasteiger partial charge in [0, 0.05) is 60.4 Å². The van der Waals surface area contributed by atoms with E-state index in [0.717, 1.165) is 45.9 Å². The zero-order valence-corrected chi connectivity index (χ0v) is 76.1. The van der Waals surface area contributed by atoms with Crippen LogP contribution in [0.1, 0.15) is 201 Å². The van der Waals surface area contributed by atoms with Crippen LogP contribution in [0.2, 0.25) is 0 Å². The Balaban J connectivity index is 0.000000156. The molecule has 5 atom stereocenters. The van der Waals surface area contributed by atoms with E-state index in [2.05, 4.69) is 45.0 Å². The maximum atomic E-state index is 13.5. The van der Waals surface area contributed by atoms with Crippen LogP contribution in [-0.4, -0.2) is 128 Å². The van der Waals surface area contributed by atoms with E-state index >= 15 is 0 Å². The lowest BCUT2D eigenvalue weighted by atomic mass is 10.1. The fraction of sp³-hybridized carbons (Fsp3) is 0.392. The van der Waals surface area contributed by atoms with E-state index in [4.69, 9.17) is 56.8 Å². The molecule has 2 fully saturated rings. The van der Waals surface area contributed by atoms with Gasteiger partial charge in [-0.3, -0.25) is 19.5 Å². The van der Waals surface area contributed by atoms with E-state index in [1.807, 2.05) is 108 Å². The van der Waals surface area contributed by atoms with Gasteiger partial charge in [-0.25, -0.2) is 63.4 Å². The van der Waals surface area contributed by atoms with E-state index < -0.39 is 76.3 Å². The van der Waals surface area contributed by atoms with E-state index in [1.54, 1.807) is 180 Å². The molecule has 31 nitrogen and oxygen atoms in total. The molecular weight excluding hydrogens is 1640 g/mol. The fourth-order valence-corrected chi connectivity index (χ4v) is 14.2. The number of ether oxygens (including phenoxy) is 12. The zero-order chi connectivity index (χ0) is 92.7. The maximum Gasteiger partial charge on any atom is 0.420 e. The van der Waals surface area contributed by atoms with Crippen molar-refractivity contribution in [1.29, 1.82) is 0 Å². The molecule has 1 aliphatic carbocycles. The van der Waals surface area contributed by atoms with Gasteiger partial charge in [-0.2, -0.15) is 0 Å². The second-order valence-corrected chi connectivity index (χ2v) is 36.9. The number of anilines is 12. The Morgan fingerprint density at radius 2 is 0.867 bits per heavy atom. The number of hydrogen-bond acceptors (Lipinski definition) is 24. The summed E-state index contributed by atoms with van der Waals surface area (Å²) in [6.45, 7) is 47.0. The number of nitrogens with zero attached hydrogens (tertiary/aromatic N) is 11. The number of carbonyl (C=O) groups excluding carboxylic acids is 7. The van der Waals surface area contributed by atoms with Gasteiger partial charge in [0.2, 0.25) is 5.91 Å². The molecule has 0 radical (unpaired) electrons. The summed E-state index contributed by atoms with van der Waals surface area (Å²) in [5.74, 6) is 1.96. The van der Waals surface area contributed by atoms with Crippen LogP contribution in [-0.2, 0) is 87.8 Å². The number of rotatable bonds is 9. The Morgan fingerprint density at radius 3 is 1.31 bits per heavy atom. The SMILES string of the molecule is C=COCC(OC=C)c1ccc2c(c1)N(C(=O)OC(C)(C)C)Cc1cccnc1N2C(=O)OC(C)(C)C.C=Cc1ccc2c(c1)N(C(=O)OC(C)(C)C)Cc1cccnc1N2C(=O)OC(C)(C)C.CC(=O)N1Cc2cccnc2Nc2ccc(C3COC4CC4O3)cc21.CC(C)(C)OC(=O)N1Cc2cccnc2N(C(=O)OC(C)(C)C)c2ccc(C3COC=CO3)cc21. The van der Waals surface area contributed by atoms with Gasteiger partial charge in [0.15, 0.2) is 12.2 Å². The first-order chi connectivity index (χ1) is 60.3. The van der Waals surface area contributed by atoms with Gasteiger partial charge < -0.3 is 67.1 Å². The van der Waals surface area contributed by atoms with E-state index in [1.165, 1.54) is 54.4 Å². The highest BCUT2D eigenvalue weighted by Gasteiger charge is 2.47. The molecule has 1 saturated carbocycles. The molecule has 10 heterocycles. The number of carbonyl (C=O) groups is 7. The van der Waals surface area contributed by atoms with Crippen molar-refractivity contribution >= 4 is 117 Å². The van der Waals surface area contributed by atoms with Crippen LogP contribution in [0.3, 0.4) is 0 Å². The summed E-state index contributed by atoms with van der Waals surface area (Å²) in [5.41, 5.74) is 6.44. The van der Waals surface area contributed by atoms with Crippen LogP contribution < -0.4 is 39.6 Å². The number of benzene rings is 4. The number of hydrogen-bond donors (Lipinski definition) is 1. The third-order valence-corrected chi connectivity index (χ3v) is 19.6. The van der Waals surface area contributed by atoms with E-state index in [0.29, 0.717) is 93.6 Å². The average Bonchev–Trinajstić information content (AvgIpc) is 1.56. The molecule has 4 aromatic heterocycles. The molecule has 8 aromatic rings. The molecule has 4 aromatic carbocycles. The smallest absolute Gasteiger partial charge is 0.420 e. The number of amides is 7. The number of nitrogens with one attached hydrogen (secondary N) is 1. The molecule has 0 bridgehead atoms. The molecule has 15 rings (SSSR count). The van der Waals surface area contributed by atoms with Gasteiger partial charge in [-0.1, -0.05) is 74.3 Å². The molecule has 128 heavy (non-hydrogen) atoms. The summed E-state index contributed by atoms with van der Waals surface area (Å²) in [4.78, 5) is 121. The van der Waals surface area contributed by atoms with Gasteiger partial charge in [-0.05, 0) is 220 Å². The minimum atomic E-state index is -0.756. The minimum Gasteiger partial charge on any atom is -0.498 e. The fourth-order valence-electron chi connectivity index (χ4n) is 14.2.